The lowest BCUT2D eigenvalue weighted by molar-refractivity contribution is -0.123. The third kappa shape index (κ3) is 2.71. The van der Waals surface area contributed by atoms with Gasteiger partial charge in [0.15, 0.2) is 0 Å². The van der Waals surface area contributed by atoms with Crippen LogP contribution in [0.5, 0.6) is 5.75 Å². The molecule has 0 radical (unpaired) electrons. The number of phenolic OH excluding ortho intramolecular Hbond substituents is 1. The lowest BCUT2D eigenvalue weighted by Crippen LogP contribution is -2.44. The van der Waals surface area contributed by atoms with E-state index in [2.05, 4.69) is 11.9 Å². The zero-order valence-electron chi connectivity index (χ0n) is 16.1. The number of amides is 1. The van der Waals surface area contributed by atoms with Crippen molar-refractivity contribution in [3.8, 4) is 5.75 Å². The molecule has 0 bridgehead atoms. The number of benzene rings is 2. The third-order valence-electron chi connectivity index (χ3n) is 5.56. The number of nitrogens with zero attached hydrogens (tertiary/aromatic N) is 2. The molecule has 5 nitrogen and oxygen atoms in total. The van der Waals surface area contributed by atoms with Gasteiger partial charge in [-0.15, -0.1) is 11.3 Å². The van der Waals surface area contributed by atoms with E-state index in [1.807, 2.05) is 37.3 Å². The Morgan fingerprint density at radius 2 is 1.96 bits per heavy atom. The number of rotatable bonds is 6. The molecule has 1 unspecified atom stereocenters. The van der Waals surface area contributed by atoms with Crippen LogP contribution in [0.25, 0.3) is 10.2 Å². The molecule has 0 saturated carbocycles. The Morgan fingerprint density at radius 3 is 2.71 bits per heavy atom. The van der Waals surface area contributed by atoms with E-state index in [1.165, 1.54) is 11.3 Å². The van der Waals surface area contributed by atoms with E-state index in [4.69, 9.17) is 0 Å². The summed E-state index contributed by atoms with van der Waals surface area (Å²) < 4.78 is 0.896. The lowest BCUT2D eigenvalue weighted by atomic mass is 9.75. The molecule has 1 aliphatic rings. The van der Waals surface area contributed by atoms with E-state index in [1.54, 1.807) is 11.0 Å². The van der Waals surface area contributed by atoms with Crippen molar-refractivity contribution in [2.75, 3.05) is 18.1 Å². The number of phenols is 1. The van der Waals surface area contributed by atoms with Crippen LogP contribution in [-0.2, 0) is 10.2 Å². The topological polar surface area (TPSA) is 73.7 Å². The van der Waals surface area contributed by atoms with Gasteiger partial charge in [-0.2, -0.15) is 0 Å². The average molecular weight is 397 g/mol. The number of hydrogen-bond donors (Lipinski definition) is 2. The zero-order valence-corrected chi connectivity index (χ0v) is 16.9. The quantitative estimate of drug-likeness (QED) is 0.615. The number of carbonyl (C=O) groups excluding carboxylic acids is 1. The monoisotopic (exact) mass is 396 g/mol. The highest BCUT2D eigenvalue weighted by Gasteiger charge is 2.53. The summed E-state index contributed by atoms with van der Waals surface area (Å²) in [6.45, 7) is 4.24. The first-order valence-corrected chi connectivity index (χ1v) is 10.5. The normalized spacial score (nSPS) is 18.8. The van der Waals surface area contributed by atoms with Crippen LogP contribution in [-0.4, -0.2) is 34.3 Å². The number of aromatic nitrogens is 1. The second-order valence-electron chi connectivity index (χ2n) is 7.31. The van der Waals surface area contributed by atoms with E-state index in [0.29, 0.717) is 17.6 Å². The first kappa shape index (κ1) is 18.9. The van der Waals surface area contributed by atoms with Crippen molar-refractivity contribution >= 4 is 33.1 Å². The lowest BCUT2D eigenvalue weighted by Gasteiger charge is -2.28. The van der Waals surface area contributed by atoms with E-state index in [-0.39, 0.29) is 11.7 Å². The summed E-state index contributed by atoms with van der Waals surface area (Å²) in [4.78, 5) is 19.8. The number of thiazole rings is 1. The summed E-state index contributed by atoms with van der Waals surface area (Å²) in [6, 6.07) is 11.0. The molecule has 4 rings (SSSR count). The van der Waals surface area contributed by atoms with Gasteiger partial charge in [-0.25, -0.2) is 4.98 Å². The third-order valence-corrected chi connectivity index (χ3v) is 6.49. The smallest absolute Gasteiger partial charge is 0.244 e. The second kappa shape index (κ2) is 7.18. The summed E-state index contributed by atoms with van der Waals surface area (Å²) >= 11 is 1.51. The maximum absolute atomic E-state index is 13.6. The van der Waals surface area contributed by atoms with Crippen LogP contribution in [0.1, 0.15) is 42.3 Å². The molecule has 2 heterocycles. The van der Waals surface area contributed by atoms with Crippen molar-refractivity contribution in [3.05, 3.63) is 52.5 Å². The van der Waals surface area contributed by atoms with E-state index >= 15 is 0 Å². The molecule has 0 fully saturated rings. The molecular formula is C22H24N2O3S. The summed E-state index contributed by atoms with van der Waals surface area (Å²) in [5.41, 5.74) is 1.42. The second-order valence-corrected chi connectivity index (χ2v) is 8.55. The number of aliphatic hydroxyl groups excluding tert-OH is 1. The minimum atomic E-state index is -1.29. The number of aromatic hydroxyl groups is 1. The van der Waals surface area contributed by atoms with Crippen LogP contribution in [0, 0.1) is 6.92 Å². The number of carbonyl (C=O) groups is 1. The molecule has 3 aromatic rings. The maximum atomic E-state index is 13.6. The van der Waals surface area contributed by atoms with E-state index < -0.39 is 12.0 Å². The molecule has 0 aliphatic carbocycles. The largest absolute Gasteiger partial charge is 0.508 e. The Morgan fingerprint density at radius 1 is 1.18 bits per heavy atom. The number of fused-ring (bicyclic) bond motifs is 2. The van der Waals surface area contributed by atoms with Crippen molar-refractivity contribution < 1.29 is 15.0 Å². The molecule has 28 heavy (non-hydrogen) atoms. The maximum Gasteiger partial charge on any atom is 0.244 e. The van der Waals surface area contributed by atoms with Gasteiger partial charge >= 0.3 is 0 Å². The van der Waals surface area contributed by atoms with E-state index in [9.17, 15) is 15.0 Å². The van der Waals surface area contributed by atoms with Crippen molar-refractivity contribution in [3.63, 3.8) is 0 Å². The molecule has 1 aromatic heterocycles. The molecule has 0 spiro atoms. The average Bonchev–Trinajstić information content (AvgIpc) is 3.16. The fourth-order valence-corrected chi connectivity index (χ4v) is 5.03. The van der Waals surface area contributed by atoms with Crippen LogP contribution in [0.2, 0.25) is 0 Å². The van der Waals surface area contributed by atoms with Crippen molar-refractivity contribution in [1.82, 2.24) is 4.98 Å². The highest BCUT2D eigenvalue weighted by Crippen LogP contribution is 2.49. The number of para-hydroxylation sites is 1. The highest BCUT2D eigenvalue weighted by molar-refractivity contribution is 7.18. The number of unbranched alkanes of at least 4 members (excludes halogenated alkanes) is 2. The van der Waals surface area contributed by atoms with Gasteiger partial charge in [0, 0.05) is 23.9 Å². The number of hydrogen-bond acceptors (Lipinski definition) is 5. The molecule has 0 saturated heterocycles. The standard InChI is InChI=1S/C22H24N2O3S/c1-3-4-7-10-24-18-9-6-5-8-15(18)22(13-25,21(24)27)16-11-20-17(12-19(16)26)23-14(2)28-20/h5-6,8-9,11-12,25-26H,3-4,7,10,13H2,1-2H3. The Kier molecular flexibility index (Phi) is 4.85. The first-order chi connectivity index (χ1) is 13.5. The summed E-state index contributed by atoms with van der Waals surface area (Å²) in [5.74, 6) is -0.186. The van der Waals surface area contributed by atoms with Crippen LogP contribution >= 0.6 is 11.3 Å². The SMILES string of the molecule is CCCCCN1C(=O)C(CO)(c2cc3sc(C)nc3cc2O)c2ccccc21. The molecule has 1 aliphatic heterocycles. The predicted molar refractivity (Wildman–Crippen MR) is 112 cm³/mol. The van der Waals surface area contributed by atoms with Gasteiger partial charge in [0.2, 0.25) is 5.91 Å². The van der Waals surface area contributed by atoms with Crippen LogP contribution < -0.4 is 4.90 Å². The Hall–Kier alpha value is -2.44. The Bertz CT molecular complexity index is 1050. The fraction of sp³-hybridized carbons (Fsp3) is 0.364. The van der Waals surface area contributed by atoms with Crippen LogP contribution in [0.15, 0.2) is 36.4 Å². The molecule has 1 amide bonds. The van der Waals surface area contributed by atoms with Gasteiger partial charge in [-0.05, 0) is 31.0 Å². The summed E-state index contributed by atoms with van der Waals surface area (Å²) in [5, 5.41) is 22.2. The van der Waals surface area contributed by atoms with Crippen molar-refractivity contribution in [2.24, 2.45) is 0 Å². The van der Waals surface area contributed by atoms with Crippen molar-refractivity contribution in [2.45, 2.75) is 38.5 Å². The molecular weight excluding hydrogens is 372 g/mol. The number of aryl methyl sites for hydroxylation is 1. The van der Waals surface area contributed by atoms with Gasteiger partial charge in [0.1, 0.15) is 11.2 Å². The predicted octanol–water partition coefficient (Wildman–Crippen LogP) is 4.13. The minimum Gasteiger partial charge on any atom is -0.508 e. The van der Waals surface area contributed by atoms with Gasteiger partial charge < -0.3 is 15.1 Å². The number of aliphatic hydroxyl groups is 1. The van der Waals surface area contributed by atoms with Crippen LogP contribution in [0.3, 0.4) is 0 Å². The molecule has 6 heteroatoms. The summed E-state index contributed by atoms with van der Waals surface area (Å²) in [7, 11) is 0. The molecule has 146 valence electrons. The number of anilines is 1. The Labute approximate surface area is 168 Å². The fourth-order valence-electron chi connectivity index (χ4n) is 4.18. The Balaban J connectivity index is 1.90. The zero-order chi connectivity index (χ0) is 19.9. The van der Waals surface area contributed by atoms with Crippen LogP contribution in [0.4, 0.5) is 5.69 Å². The highest BCUT2D eigenvalue weighted by atomic mass is 32.1. The van der Waals surface area contributed by atoms with Gasteiger partial charge in [-0.3, -0.25) is 4.79 Å². The molecule has 2 aromatic carbocycles. The van der Waals surface area contributed by atoms with Gasteiger partial charge in [-0.1, -0.05) is 38.0 Å². The first-order valence-electron chi connectivity index (χ1n) is 9.66. The minimum absolute atomic E-state index is 0.00888. The molecule has 1 atom stereocenters. The summed E-state index contributed by atoms with van der Waals surface area (Å²) in [6.07, 6.45) is 3.00. The van der Waals surface area contributed by atoms with E-state index in [0.717, 1.165) is 40.2 Å². The molecule has 2 N–H and O–H groups in total. The van der Waals surface area contributed by atoms with Crippen molar-refractivity contribution in [1.29, 1.82) is 0 Å². The van der Waals surface area contributed by atoms with Gasteiger partial charge in [0.05, 0.1) is 21.8 Å². The van der Waals surface area contributed by atoms with Gasteiger partial charge in [0.25, 0.3) is 0 Å².